The maximum absolute atomic E-state index is 14.1. The molecule has 3 N–H and O–H groups in total. The maximum atomic E-state index is 14.1. The van der Waals surface area contributed by atoms with Gasteiger partial charge >= 0.3 is 0 Å². The SMILES string of the molecule is CCC(N)C(c1ccccc1F)N1CCC(C)(O)CC1. The van der Waals surface area contributed by atoms with Gasteiger partial charge in [0.2, 0.25) is 0 Å². The van der Waals surface area contributed by atoms with Crippen molar-refractivity contribution in [2.45, 2.75) is 50.8 Å². The molecule has 2 atom stereocenters. The van der Waals surface area contributed by atoms with Crippen LogP contribution in [0.3, 0.4) is 0 Å². The Bertz CT molecular complexity index is 440. The van der Waals surface area contributed by atoms with Gasteiger partial charge in [-0.3, -0.25) is 4.90 Å². The monoisotopic (exact) mass is 280 g/mol. The summed E-state index contributed by atoms with van der Waals surface area (Å²) in [5.74, 6) is -0.196. The topological polar surface area (TPSA) is 49.5 Å². The van der Waals surface area contributed by atoms with Gasteiger partial charge in [0.05, 0.1) is 11.6 Å². The van der Waals surface area contributed by atoms with Crippen LogP contribution in [0.25, 0.3) is 0 Å². The lowest BCUT2D eigenvalue weighted by molar-refractivity contribution is -0.0206. The summed E-state index contributed by atoms with van der Waals surface area (Å²) in [6, 6.07) is 6.65. The summed E-state index contributed by atoms with van der Waals surface area (Å²) < 4.78 is 14.1. The van der Waals surface area contributed by atoms with Gasteiger partial charge in [0.25, 0.3) is 0 Å². The van der Waals surface area contributed by atoms with Gasteiger partial charge in [-0.15, -0.1) is 0 Å². The zero-order valence-electron chi connectivity index (χ0n) is 12.3. The predicted molar refractivity (Wildman–Crippen MR) is 78.8 cm³/mol. The lowest BCUT2D eigenvalue weighted by Gasteiger charge is -2.42. The second kappa shape index (κ2) is 6.20. The summed E-state index contributed by atoms with van der Waals surface area (Å²) in [5.41, 5.74) is 6.31. The van der Waals surface area contributed by atoms with Crippen molar-refractivity contribution >= 4 is 0 Å². The molecule has 0 radical (unpaired) electrons. The largest absolute Gasteiger partial charge is 0.390 e. The predicted octanol–water partition coefficient (Wildman–Crippen LogP) is 2.45. The molecule has 1 aromatic carbocycles. The maximum Gasteiger partial charge on any atom is 0.128 e. The Balaban J connectivity index is 2.23. The zero-order valence-corrected chi connectivity index (χ0v) is 12.3. The Kier molecular flexibility index (Phi) is 4.78. The molecule has 0 bridgehead atoms. The fourth-order valence-electron chi connectivity index (χ4n) is 2.92. The van der Waals surface area contributed by atoms with Crippen molar-refractivity contribution in [1.82, 2.24) is 4.90 Å². The molecular formula is C16H25FN2O. The lowest BCUT2D eigenvalue weighted by Crippen LogP contribution is -2.48. The number of benzene rings is 1. The number of piperidine rings is 1. The van der Waals surface area contributed by atoms with Crippen LogP contribution in [0.2, 0.25) is 0 Å². The Morgan fingerprint density at radius 2 is 1.95 bits per heavy atom. The molecule has 3 nitrogen and oxygen atoms in total. The van der Waals surface area contributed by atoms with E-state index in [9.17, 15) is 9.50 Å². The quantitative estimate of drug-likeness (QED) is 0.890. The highest BCUT2D eigenvalue weighted by molar-refractivity contribution is 5.23. The Hall–Kier alpha value is -0.970. The number of nitrogens with zero attached hydrogens (tertiary/aromatic N) is 1. The Morgan fingerprint density at radius 3 is 2.50 bits per heavy atom. The molecule has 2 unspecified atom stereocenters. The van der Waals surface area contributed by atoms with Crippen LogP contribution in [0, 0.1) is 5.82 Å². The van der Waals surface area contributed by atoms with E-state index in [1.807, 2.05) is 26.0 Å². The van der Waals surface area contributed by atoms with Crippen molar-refractivity contribution in [1.29, 1.82) is 0 Å². The molecule has 1 aliphatic rings. The standard InChI is InChI=1S/C16H25FN2O/c1-3-14(18)15(12-6-4-5-7-13(12)17)19-10-8-16(2,20)9-11-19/h4-7,14-15,20H,3,8-11,18H2,1-2H3. The molecule has 20 heavy (non-hydrogen) atoms. The number of hydrogen-bond acceptors (Lipinski definition) is 3. The summed E-state index contributed by atoms with van der Waals surface area (Å²) in [5, 5.41) is 10.1. The fourth-order valence-corrected chi connectivity index (χ4v) is 2.92. The molecule has 0 amide bonds. The van der Waals surface area contributed by atoms with Gasteiger partial charge < -0.3 is 10.8 Å². The molecular weight excluding hydrogens is 255 g/mol. The minimum atomic E-state index is -0.605. The second-order valence-electron chi connectivity index (χ2n) is 6.07. The van der Waals surface area contributed by atoms with Crippen molar-refractivity contribution in [3.63, 3.8) is 0 Å². The minimum absolute atomic E-state index is 0.102. The van der Waals surface area contributed by atoms with Gasteiger partial charge in [-0.2, -0.15) is 0 Å². The van der Waals surface area contributed by atoms with Gasteiger partial charge in [0.1, 0.15) is 5.82 Å². The Labute approximate surface area is 120 Å². The highest BCUT2D eigenvalue weighted by Crippen LogP contribution is 2.32. The van der Waals surface area contributed by atoms with Gasteiger partial charge in [-0.05, 0) is 32.3 Å². The van der Waals surface area contributed by atoms with Crippen LogP contribution in [-0.2, 0) is 0 Å². The molecule has 1 fully saturated rings. The van der Waals surface area contributed by atoms with E-state index in [0.29, 0.717) is 18.4 Å². The number of rotatable bonds is 4. The van der Waals surface area contributed by atoms with E-state index >= 15 is 0 Å². The van der Waals surface area contributed by atoms with Gasteiger partial charge in [-0.1, -0.05) is 25.1 Å². The molecule has 2 rings (SSSR count). The molecule has 4 heteroatoms. The van der Waals surface area contributed by atoms with E-state index in [2.05, 4.69) is 4.90 Å². The van der Waals surface area contributed by atoms with Crippen LogP contribution in [-0.4, -0.2) is 34.7 Å². The van der Waals surface area contributed by atoms with Gasteiger partial charge in [0.15, 0.2) is 0 Å². The summed E-state index contributed by atoms with van der Waals surface area (Å²) in [6.07, 6.45) is 2.20. The van der Waals surface area contributed by atoms with Crippen LogP contribution in [0.4, 0.5) is 4.39 Å². The third-order valence-electron chi connectivity index (χ3n) is 4.37. The van der Waals surface area contributed by atoms with Crippen molar-refractivity contribution in [2.75, 3.05) is 13.1 Å². The molecule has 0 aromatic heterocycles. The molecule has 112 valence electrons. The third kappa shape index (κ3) is 3.37. The van der Waals surface area contributed by atoms with E-state index in [-0.39, 0.29) is 17.9 Å². The number of aliphatic hydroxyl groups is 1. The second-order valence-corrected chi connectivity index (χ2v) is 6.07. The number of halogens is 1. The minimum Gasteiger partial charge on any atom is -0.390 e. The van der Waals surface area contributed by atoms with Crippen molar-refractivity contribution in [3.8, 4) is 0 Å². The van der Waals surface area contributed by atoms with Gasteiger partial charge in [0, 0.05) is 24.7 Å². The number of nitrogens with two attached hydrogens (primary N) is 1. The Morgan fingerprint density at radius 1 is 1.35 bits per heavy atom. The van der Waals surface area contributed by atoms with Crippen molar-refractivity contribution in [3.05, 3.63) is 35.6 Å². The zero-order chi connectivity index (χ0) is 14.8. The number of likely N-dealkylation sites (tertiary alicyclic amines) is 1. The van der Waals surface area contributed by atoms with E-state index in [1.165, 1.54) is 6.07 Å². The van der Waals surface area contributed by atoms with Gasteiger partial charge in [-0.25, -0.2) is 4.39 Å². The molecule has 0 spiro atoms. The average Bonchev–Trinajstić information content (AvgIpc) is 2.42. The normalized spacial score (nSPS) is 22.4. The molecule has 1 aliphatic heterocycles. The molecule has 1 saturated heterocycles. The van der Waals surface area contributed by atoms with E-state index in [1.54, 1.807) is 6.07 Å². The van der Waals surface area contributed by atoms with Crippen LogP contribution in [0.5, 0.6) is 0 Å². The average molecular weight is 280 g/mol. The van der Waals surface area contributed by atoms with E-state index < -0.39 is 5.60 Å². The first-order chi connectivity index (χ1) is 9.44. The van der Waals surface area contributed by atoms with Crippen LogP contribution < -0.4 is 5.73 Å². The van der Waals surface area contributed by atoms with Crippen LogP contribution in [0.15, 0.2) is 24.3 Å². The summed E-state index contributed by atoms with van der Waals surface area (Å²) in [6.45, 7) is 5.39. The molecule has 1 aromatic rings. The fraction of sp³-hybridized carbons (Fsp3) is 0.625. The first-order valence-electron chi connectivity index (χ1n) is 7.41. The third-order valence-corrected chi connectivity index (χ3v) is 4.37. The van der Waals surface area contributed by atoms with E-state index in [0.717, 1.165) is 19.5 Å². The smallest absolute Gasteiger partial charge is 0.128 e. The summed E-state index contributed by atoms with van der Waals surface area (Å²) in [7, 11) is 0. The van der Waals surface area contributed by atoms with Crippen molar-refractivity contribution in [2.24, 2.45) is 5.73 Å². The first kappa shape index (κ1) is 15.4. The highest BCUT2D eigenvalue weighted by Gasteiger charge is 2.34. The van der Waals surface area contributed by atoms with Crippen LogP contribution in [0.1, 0.15) is 44.7 Å². The molecule has 0 aliphatic carbocycles. The van der Waals surface area contributed by atoms with Crippen LogP contribution >= 0.6 is 0 Å². The summed E-state index contributed by atoms with van der Waals surface area (Å²) in [4.78, 5) is 2.21. The van der Waals surface area contributed by atoms with Crippen molar-refractivity contribution < 1.29 is 9.50 Å². The highest BCUT2D eigenvalue weighted by atomic mass is 19.1. The molecule has 1 heterocycles. The number of hydrogen-bond donors (Lipinski definition) is 2. The lowest BCUT2D eigenvalue weighted by atomic mass is 9.89. The summed E-state index contributed by atoms with van der Waals surface area (Å²) >= 11 is 0. The first-order valence-corrected chi connectivity index (χ1v) is 7.41. The molecule has 0 saturated carbocycles. The van der Waals surface area contributed by atoms with E-state index in [4.69, 9.17) is 5.73 Å².